The maximum atomic E-state index is 13.6. The van der Waals surface area contributed by atoms with Crippen LogP contribution in [0.2, 0.25) is 0 Å². The second-order valence-electron chi connectivity index (χ2n) is 8.07. The molecule has 0 unspecified atom stereocenters. The monoisotopic (exact) mass is 448 g/mol. The van der Waals surface area contributed by atoms with Crippen molar-refractivity contribution < 1.29 is 14.0 Å². The molecule has 33 heavy (non-hydrogen) atoms. The van der Waals surface area contributed by atoms with Crippen molar-refractivity contribution in [2.24, 2.45) is 7.05 Å². The van der Waals surface area contributed by atoms with Crippen LogP contribution in [0.1, 0.15) is 29.3 Å². The van der Waals surface area contributed by atoms with Crippen LogP contribution in [0.25, 0.3) is 5.57 Å². The van der Waals surface area contributed by atoms with E-state index in [4.69, 9.17) is 0 Å². The van der Waals surface area contributed by atoms with Crippen LogP contribution in [0, 0.1) is 5.82 Å². The molecule has 1 aliphatic heterocycles. The number of halogens is 1. The Balaban J connectivity index is 1.80. The van der Waals surface area contributed by atoms with E-state index in [9.17, 15) is 18.8 Å². The van der Waals surface area contributed by atoms with Gasteiger partial charge in [0.15, 0.2) is 0 Å². The predicted molar refractivity (Wildman–Crippen MR) is 122 cm³/mol. The molecule has 2 aromatic carbocycles. The van der Waals surface area contributed by atoms with Crippen LogP contribution in [0.5, 0.6) is 0 Å². The number of aryl methyl sites for hydroxylation is 2. The summed E-state index contributed by atoms with van der Waals surface area (Å²) >= 11 is 0. The third kappa shape index (κ3) is 4.11. The van der Waals surface area contributed by atoms with Crippen molar-refractivity contribution in [3.63, 3.8) is 0 Å². The van der Waals surface area contributed by atoms with Crippen molar-refractivity contribution >= 4 is 17.4 Å². The quantitative estimate of drug-likeness (QED) is 0.564. The number of aromatic amines is 1. The molecule has 7 nitrogen and oxygen atoms in total. The van der Waals surface area contributed by atoms with Crippen molar-refractivity contribution in [3.8, 4) is 0 Å². The van der Waals surface area contributed by atoms with Crippen molar-refractivity contribution in [1.29, 1.82) is 0 Å². The van der Waals surface area contributed by atoms with E-state index >= 15 is 0 Å². The Morgan fingerprint density at radius 3 is 2.24 bits per heavy atom. The SMILES string of the molecule is CCc1[nH]n(C)c(=O)c1C1=C(N(C)Cc2ccccc2)C(=O)N(Cc2ccc(F)cc2)C1=O. The molecule has 1 aliphatic rings. The van der Waals surface area contributed by atoms with Gasteiger partial charge in [0.2, 0.25) is 0 Å². The highest BCUT2D eigenvalue weighted by atomic mass is 19.1. The van der Waals surface area contributed by atoms with Gasteiger partial charge < -0.3 is 4.90 Å². The summed E-state index contributed by atoms with van der Waals surface area (Å²) in [5, 5.41) is 2.98. The lowest BCUT2D eigenvalue weighted by molar-refractivity contribution is -0.138. The number of hydrogen-bond acceptors (Lipinski definition) is 4. The minimum atomic E-state index is -0.536. The summed E-state index contributed by atoms with van der Waals surface area (Å²) < 4.78 is 14.7. The molecular weight excluding hydrogens is 423 g/mol. The van der Waals surface area contributed by atoms with E-state index in [1.807, 2.05) is 37.3 Å². The van der Waals surface area contributed by atoms with E-state index in [0.717, 1.165) is 10.5 Å². The molecule has 0 saturated carbocycles. The standard InChI is InChI=1S/C25H25FN4O3/c1-4-19-20(23(31)29(3)27-19)21-22(28(2)14-16-8-6-5-7-9-16)25(33)30(24(21)32)15-17-10-12-18(26)13-11-17/h5-13,27H,4,14-15H2,1-3H3. The molecule has 8 heteroatoms. The number of imide groups is 1. The highest BCUT2D eigenvalue weighted by Gasteiger charge is 2.43. The zero-order valence-corrected chi connectivity index (χ0v) is 18.8. The second kappa shape index (κ2) is 8.90. The fraction of sp³-hybridized carbons (Fsp3) is 0.240. The molecule has 3 aromatic rings. The summed E-state index contributed by atoms with van der Waals surface area (Å²) in [5.74, 6) is -1.42. The molecule has 2 amide bonds. The van der Waals surface area contributed by atoms with Crippen molar-refractivity contribution in [3.05, 3.63) is 98.8 Å². The lowest BCUT2D eigenvalue weighted by Crippen LogP contribution is -2.33. The molecule has 0 fully saturated rings. The molecule has 1 aromatic heterocycles. The first-order valence-corrected chi connectivity index (χ1v) is 10.7. The molecule has 170 valence electrons. The Labute approximate surface area is 190 Å². The van der Waals surface area contributed by atoms with Crippen molar-refractivity contribution in [1.82, 2.24) is 19.6 Å². The van der Waals surface area contributed by atoms with Crippen LogP contribution < -0.4 is 5.56 Å². The van der Waals surface area contributed by atoms with Crippen LogP contribution in [-0.4, -0.2) is 38.4 Å². The summed E-state index contributed by atoms with van der Waals surface area (Å²) in [6.07, 6.45) is 0.490. The number of aromatic nitrogens is 2. The molecule has 2 heterocycles. The van der Waals surface area contributed by atoms with Gasteiger partial charge in [0, 0.05) is 26.3 Å². The molecule has 0 aliphatic carbocycles. The minimum Gasteiger partial charge on any atom is -0.365 e. The third-order valence-electron chi connectivity index (χ3n) is 5.77. The zero-order valence-electron chi connectivity index (χ0n) is 18.8. The molecular formula is C25H25FN4O3. The topological polar surface area (TPSA) is 78.4 Å². The van der Waals surface area contributed by atoms with E-state index in [0.29, 0.717) is 24.2 Å². The molecule has 0 atom stereocenters. The van der Waals surface area contributed by atoms with Gasteiger partial charge in [-0.2, -0.15) is 0 Å². The van der Waals surface area contributed by atoms with Gasteiger partial charge in [0.25, 0.3) is 17.4 Å². The smallest absolute Gasteiger partial charge is 0.278 e. The number of carbonyl (C=O) groups is 2. The average Bonchev–Trinajstić information content (AvgIpc) is 3.22. The van der Waals surface area contributed by atoms with E-state index < -0.39 is 17.6 Å². The van der Waals surface area contributed by atoms with Gasteiger partial charge in [0.1, 0.15) is 11.5 Å². The summed E-state index contributed by atoms with van der Waals surface area (Å²) in [4.78, 5) is 42.9. The number of H-pyrrole nitrogens is 1. The lowest BCUT2D eigenvalue weighted by atomic mass is 10.0. The average molecular weight is 448 g/mol. The van der Waals surface area contributed by atoms with Gasteiger partial charge in [0.05, 0.1) is 17.7 Å². The Bertz CT molecular complexity index is 1290. The van der Waals surface area contributed by atoms with Gasteiger partial charge >= 0.3 is 0 Å². The van der Waals surface area contributed by atoms with E-state index in [-0.39, 0.29) is 28.9 Å². The number of amides is 2. The molecule has 0 saturated heterocycles. The van der Waals surface area contributed by atoms with Crippen LogP contribution in [-0.2, 0) is 36.1 Å². The number of rotatable bonds is 7. The van der Waals surface area contributed by atoms with Crippen molar-refractivity contribution in [2.45, 2.75) is 26.4 Å². The first-order valence-electron chi connectivity index (χ1n) is 10.7. The van der Waals surface area contributed by atoms with Gasteiger partial charge in [-0.1, -0.05) is 49.4 Å². The maximum Gasteiger partial charge on any atom is 0.278 e. The molecule has 4 rings (SSSR count). The van der Waals surface area contributed by atoms with Crippen LogP contribution in [0.4, 0.5) is 4.39 Å². The lowest BCUT2D eigenvalue weighted by Gasteiger charge is -2.21. The first-order chi connectivity index (χ1) is 15.8. The highest BCUT2D eigenvalue weighted by Crippen LogP contribution is 2.33. The number of likely N-dealkylation sites (N-methyl/N-ethyl adjacent to an activating group) is 1. The Hall–Kier alpha value is -3.94. The van der Waals surface area contributed by atoms with Crippen LogP contribution in [0.3, 0.4) is 0 Å². The number of hydrogen-bond donors (Lipinski definition) is 1. The van der Waals surface area contributed by atoms with Gasteiger partial charge in [-0.25, -0.2) is 4.39 Å². The number of nitrogens with one attached hydrogen (secondary N) is 1. The predicted octanol–water partition coefficient (Wildman–Crippen LogP) is 2.83. The summed E-state index contributed by atoms with van der Waals surface area (Å²) in [5.41, 5.74) is 2.29. The molecule has 0 bridgehead atoms. The highest BCUT2D eigenvalue weighted by molar-refractivity contribution is 6.35. The maximum absolute atomic E-state index is 13.6. The van der Waals surface area contributed by atoms with Crippen molar-refractivity contribution in [2.75, 3.05) is 7.05 Å². The summed E-state index contributed by atoms with van der Waals surface area (Å²) in [7, 11) is 3.31. The van der Waals surface area contributed by atoms with Crippen LogP contribution >= 0.6 is 0 Å². The molecule has 1 N–H and O–H groups in total. The third-order valence-corrected chi connectivity index (χ3v) is 5.77. The van der Waals surface area contributed by atoms with E-state index in [1.54, 1.807) is 19.0 Å². The van der Waals surface area contributed by atoms with E-state index in [2.05, 4.69) is 5.10 Å². The number of nitrogens with zero attached hydrogens (tertiary/aromatic N) is 3. The van der Waals surface area contributed by atoms with E-state index in [1.165, 1.54) is 28.9 Å². The summed E-state index contributed by atoms with van der Waals surface area (Å²) in [6, 6.07) is 15.2. The number of benzene rings is 2. The van der Waals surface area contributed by atoms with Gasteiger partial charge in [-0.15, -0.1) is 0 Å². The van der Waals surface area contributed by atoms with Gasteiger partial charge in [-0.3, -0.25) is 29.1 Å². The molecule has 0 spiro atoms. The first kappa shape index (κ1) is 22.3. The molecule has 0 radical (unpaired) electrons. The van der Waals surface area contributed by atoms with Crippen LogP contribution in [0.15, 0.2) is 65.1 Å². The Morgan fingerprint density at radius 1 is 0.939 bits per heavy atom. The summed E-state index contributed by atoms with van der Waals surface area (Å²) in [6.45, 7) is 2.24. The minimum absolute atomic E-state index is 0.0175. The zero-order chi connectivity index (χ0) is 23.7. The Kier molecular flexibility index (Phi) is 6.00. The van der Waals surface area contributed by atoms with Gasteiger partial charge in [-0.05, 0) is 29.7 Å². The normalized spacial score (nSPS) is 13.9. The second-order valence-corrected chi connectivity index (χ2v) is 8.07. The number of carbonyl (C=O) groups excluding carboxylic acids is 2. The largest absolute Gasteiger partial charge is 0.365 e. The fourth-order valence-electron chi connectivity index (χ4n) is 4.11. The Morgan fingerprint density at radius 2 is 1.61 bits per heavy atom. The fourth-order valence-corrected chi connectivity index (χ4v) is 4.11.